The van der Waals surface area contributed by atoms with Crippen LogP contribution in [0.15, 0.2) is 59.5 Å². The Kier molecular flexibility index (Phi) is 5.98. The number of nitrogens with one attached hydrogen (secondary N) is 2. The Labute approximate surface area is 176 Å². The summed E-state index contributed by atoms with van der Waals surface area (Å²) < 4.78 is 65.8. The Morgan fingerprint density at radius 3 is 2.13 bits per heavy atom. The minimum atomic E-state index is -4.57. The van der Waals surface area contributed by atoms with E-state index in [-0.39, 0.29) is 22.1 Å². The van der Waals surface area contributed by atoms with Gasteiger partial charge in [0.05, 0.1) is 10.5 Å². The summed E-state index contributed by atoms with van der Waals surface area (Å²) in [5, 5.41) is 2.43. The van der Waals surface area contributed by atoms with Gasteiger partial charge in [-0.05, 0) is 62.4 Å². The Hall–Kier alpha value is -3.47. The number of benzene rings is 2. The molecular formula is C20H17F3N4O3S. The first-order valence-electron chi connectivity index (χ1n) is 8.88. The molecule has 0 aliphatic heterocycles. The lowest BCUT2D eigenvalue weighted by Gasteiger charge is -2.10. The minimum Gasteiger partial charge on any atom is -0.322 e. The second-order valence-corrected chi connectivity index (χ2v) is 8.32. The topological polar surface area (TPSA) is 101 Å². The number of nitrogens with zero attached hydrogens (tertiary/aromatic N) is 2. The van der Waals surface area contributed by atoms with Crippen LogP contribution in [0.4, 0.5) is 24.8 Å². The molecule has 162 valence electrons. The van der Waals surface area contributed by atoms with Crippen LogP contribution in [0.3, 0.4) is 0 Å². The van der Waals surface area contributed by atoms with Crippen LogP contribution in [0.1, 0.15) is 27.3 Å². The van der Waals surface area contributed by atoms with Crippen molar-refractivity contribution in [3.63, 3.8) is 0 Å². The first kappa shape index (κ1) is 22.2. The van der Waals surface area contributed by atoms with Crippen molar-refractivity contribution in [2.45, 2.75) is 24.9 Å². The van der Waals surface area contributed by atoms with Crippen LogP contribution < -0.4 is 10.0 Å². The number of sulfonamides is 1. The molecule has 1 aromatic heterocycles. The summed E-state index contributed by atoms with van der Waals surface area (Å²) in [6.45, 7) is 3.41. The van der Waals surface area contributed by atoms with Gasteiger partial charge in [-0.2, -0.15) is 13.2 Å². The molecule has 0 fully saturated rings. The second kappa shape index (κ2) is 8.34. The summed E-state index contributed by atoms with van der Waals surface area (Å²) in [6.07, 6.45) is -4.57. The van der Waals surface area contributed by atoms with Gasteiger partial charge in [-0.15, -0.1) is 0 Å². The number of halogens is 3. The molecule has 0 bridgehead atoms. The summed E-state index contributed by atoms with van der Waals surface area (Å²) in [5.41, 5.74) is 0.279. The van der Waals surface area contributed by atoms with E-state index >= 15 is 0 Å². The molecule has 11 heteroatoms. The van der Waals surface area contributed by atoms with Gasteiger partial charge in [0.1, 0.15) is 0 Å². The molecule has 3 aromatic rings. The molecular weight excluding hydrogens is 433 g/mol. The maximum absolute atomic E-state index is 12.8. The number of aryl methyl sites for hydroxylation is 2. The van der Waals surface area contributed by atoms with Crippen LogP contribution in [0.25, 0.3) is 0 Å². The lowest BCUT2D eigenvalue weighted by atomic mass is 10.1. The molecule has 0 spiro atoms. The van der Waals surface area contributed by atoms with E-state index in [9.17, 15) is 26.4 Å². The largest absolute Gasteiger partial charge is 0.416 e. The number of aromatic nitrogens is 2. The fourth-order valence-electron chi connectivity index (χ4n) is 2.71. The maximum Gasteiger partial charge on any atom is 0.416 e. The Bertz CT molecular complexity index is 1210. The van der Waals surface area contributed by atoms with Crippen molar-refractivity contribution < 1.29 is 26.4 Å². The molecule has 31 heavy (non-hydrogen) atoms. The van der Waals surface area contributed by atoms with Crippen molar-refractivity contribution in [1.29, 1.82) is 0 Å². The maximum atomic E-state index is 12.8. The van der Waals surface area contributed by atoms with Gasteiger partial charge in [-0.25, -0.2) is 23.1 Å². The first-order chi connectivity index (χ1) is 14.4. The summed E-state index contributed by atoms with van der Waals surface area (Å²) in [6, 6.07) is 10.8. The summed E-state index contributed by atoms with van der Waals surface area (Å²) in [4.78, 5) is 20.2. The van der Waals surface area contributed by atoms with Crippen molar-refractivity contribution in [1.82, 2.24) is 9.97 Å². The van der Waals surface area contributed by atoms with Gasteiger partial charge in [-0.1, -0.05) is 6.07 Å². The predicted octanol–water partition coefficient (Wildman–Crippen LogP) is 4.17. The van der Waals surface area contributed by atoms with Gasteiger partial charge in [0.25, 0.3) is 15.9 Å². The number of rotatable bonds is 5. The number of amides is 1. The lowest BCUT2D eigenvalue weighted by Crippen LogP contribution is -2.16. The molecule has 0 saturated carbocycles. The predicted molar refractivity (Wildman–Crippen MR) is 108 cm³/mol. The van der Waals surface area contributed by atoms with E-state index in [0.717, 1.165) is 18.2 Å². The zero-order chi connectivity index (χ0) is 22.8. The number of anilines is 2. The van der Waals surface area contributed by atoms with Crippen LogP contribution >= 0.6 is 0 Å². The molecule has 0 radical (unpaired) electrons. The van der Waals surface area contributed by atoms with Crippen molar-refractivity contribution in [2.24, 2.45) is 0 Å². The van der Waals surface area contributed by atoms with Gasteiger partial charge in [-0.3, -0.25) is 4.79 Å². The molecule has 7 nitrogen and oxygen atoms in total. The molecule has 0 atom stereocenters. The highest BCUT2D eigenvalue weighted by atomic mass is 32.2. The van der Waals surface area contributed by atoms with Gasteiger partial charge in [0.2, 0.25) is 5.95 Å². The Morgan fingerprint density at radius 1 is 0.935 bits per heavy atom. The number of hydrogen-bond donors (Lipinski definition) is 2. The average Bonchev–Trinajstić information content (AvgIpc) is 2.66. The number of alkyl halides is 3. The van der Waals surface area contributed by atoms with E-state index in [4.69, 9.17) is 0 Å². The molecule has 0 aliphatic rings. The zero-order valence-electron chi connectivity index (χ0n) is 16.4. The molecule has 1 amide bonds. The molecule has 2 N–H and O–H groups in total. The second-order valence-electron chi connectivity index (χ2n) is 6.64. The van der Waals surface area contributed by atoms with E-state index in [2.05, 4.69) is 20.0 Å². The quantitative estimate of drug-likeness (QED) is 0.608. The molecule has 1 heterocycles. The van der Waals surface area contributed by atoms with E-state index in [0.29, 0.717) is 11.4 Å². The molecule has 0 unspecified atom stereocenters. The minimum absolute atomic E-state index is 0.0700. The highest BCUT2D eigenvalue weighted by Crippen LogP contribution is 2.29. The summed E-state index contributed by atoms with van der Waals surface area (Å²) >= 11 is 0. The number of carbonyl (C=O) groups is 1. The number of carbonyl (C=O) groups excluding carboxylic acids is 1. The average molecular weight is 450 g/mol. The standard InChI is InChI=1S/C20H17F3N4O3S/c1-12-10-13(2)25-19(24-12)27-31(29,30)17-8-6-16(7-9-17)26-18(28)14-4-3-5-15(11-14)20(21,22)23/h3-11H,1-2H3,(H,26,28)(H,24,25,27). The van der Waals surface area contributed by atoms with Crippen molar-refractivity contribution in [2.75, 3.05) is 10.0 Å². The summed E-state index contributed by atoms with van der Waals surface area (Å²) in [7, 11) is -3.98. The van der Waals surface area contributed by atoms with Gasteiger partial charge in [0.15, 0.2) is 0 Å². The van der Waals surface area contributed by atoms with Crippen LogP contribution in [0.5, 0.6) is 0 Å². The fourth-order valence-corrected chi connectivity index (χ4v) is 3.65. The molecule has 0 saturated heterocycles. The van der Waals surface area contributed by atoms with Crippen LogP contribution in [0, 0.1) is 13.8 Å². The van der Waals surface area contributed by atoms with Crippen LogP contribution in [0.2, 0.25) is 0 Å². The van der Waals surface area contributed by atoms with Gasteiger partial charge >= 0.3 is 6.18 Å². The fraction of sp³-hybridized carbons (Fsp3) is 0.150. The zero-order valence-corrected chi connectivity index (χ0v) is 17.2. The van der Waals surface area contributed by atoms with Crippen LogP contribution in [-0.4, -0.2) is 24.3 Å². The SMILES string of the molecule is Cc1cc(C)nc(NS(=O)(=O)c2ccc(NC(=O)c3cccc(C(F)(F)F)c3)cc2)n1. The van der Waals surface area contributed by atoms with Crippen molar-refractivity contribution >= 4 is 27.6 Å². The Morgan fingerprint density at radius 2 is 1.55 bits per heavy atom. The van der Waals surface area contributed by atoms with E-state index in [1.54, 1.807) is 19.9 Å². The van der Waals surface area contributed by atoms with E-state index in [1.807, 2.05) is 0 Å². The first-order valence-corrected chi connectivity index (χ1v) is 10.4. The van der Waals surface area contributed by atoms with E-state index in [1.165, 1.54) is 30.3 Å². The number of hydrogen-bond acceptors (Lipinski definition) is 5. The highest BCUT2D eigenvalue weighted by molar-refractivity contribution is 7.92. The van der Waals surface area contributed by atoms with Crippen LogP contribution in [-0.2, 0) is 16.2 Å². The smallest absolute Gasteiger partial charge is 0.322 e. The van der Waals surface area contributed by atoms with Crippen molar-refractivity contribution in [3.8, 4) is 0 Å². The molecule has 2 aromatic carbocycles. The van der Waals surface area contributed by atoms with E-state index < -0.39 is 27.7 Å². The highest BCUT2D eigenvalue weighted by Gasteiger charge is 2.30. The lowest BCUT2D eigenvalue weighted by molar-refractivity contribution is -0.137. The van der Waals surface area contributed by atoms with Crippen molar-refractivity contribution in [3.05, 3.63) is 77.1 Å². The van der Waals surface area contributed by atoms with Gasteiger partial charge < -0.3 is 5.32 Å². The normalized spacial score (nSPS) is 11.8. The third-order valence-electron chi connectivity index (χ3n) is 4.08. The molecule has 3 rings (SSSR count). The third-order valence-corrected chi connectivity index (χ3v) is 5.43. The molecule has 0 aliphatic carbocycles. The van der Waals surface area contributed by atoms with Gasteiger partial charge in [0, 0.05) is 22.6 Å². The monoisotopic (exact) mass is 450 g/mol. The third kappa shape index (κ3) is 5.57. The Balaban J connectivity index is 1.74. The summed E-state index contributed by atoms with van der Waals surface area (Å²) in [5.74, 6) is -0.831.